The Bertz CT molecular complexity index is 734. The van der Waals surface area contributed by atoms with Crippen LogP contribution in [-0.4, -0.2) is 45.1 Å². The van der Waals surface area contributed by atoms with Gasteiger partial charge in [0.25, 0.3) is 5.91 Å². The monoisotopic (exact) mass is 397 g/mol. The average molecular weight is 398 g/mol. The Kier molecular flexibility index (Phi) is 7.70. The molecule has 2 unspecified atom stereocenters. The number of amides is 1. The van der Waals surface area contributed by atoms with E-state index in [-0.39, 0.29) is 41.9 Å². The molecule has 0 bridgehead atoms. The number of aliphatic hydroxyl groups is 1. The van der Waals surface area contributed by atoms with Gasteiger partial charge in [0.15, 0.2) is 5.69 Å². The number of carbonyl (C=O) groups excluding carboxylic acids is 1. The lowest BCUT2D eigenvalue weighted by Gasteiger charge is -2.22. The molecular weight excluding hydrogens is 373 g/mol. The maximum atomic E-state index is 13.0. The van der Waals surface area contributed by atoms with Gasteiger partial charge in [-0.2, -0.15) is 0 Å². The topological polar surface area (TPSA) is 92.1 Å². The van der Waals surface area contributed by atoms with Gasteiger partial charge >= 0.3 is 0 Å². The summed E-state index contributed by atoms with van der Waals surface area (Å²) in [6.07, 6.45) is 3.14. The standard InChI is InChI=1S/C18H24FN5O2.ClH/c1-12(10-17(25)13-2-4-14(19)5-3-13)21-18(26)16-11-24(23-22-16)15-6-8-20-9-7-15;/h2-5,11-12,15,17,20,25H,6-10H2,1H3,(H,21,26);1H. The van der Waals surface area contributed by atoms with E-state index in [1.54, 1.807) is 23.0 Å². The van der Waals surface area contributed by atoms with Crippen molar-refractivity contribution in [1.82, 2.24) is 25.6 Å². The lowest BCUT2D eigenvalue weighted by Crippen LogP contribution is -2.34. The van der Waals surface area contributed by atoms with Gasteiger partial charge in [-0.1, -0.05) is 17.3 Å². The van der Waals surface area contributed by atoms with Crippen LogP contribution in [0.2, 0.25) is 0 Å². The zero-order valence-electron chi connectivity index (χ0n) is 15.1. The SMILES string of the molecule is CC(CC(O)c1ccc(F)cc1)NC(=O)c1cn(C2CCNCC2)nn1.Cl. The first kappa shape index (κ1) is 21.3. The van der Waals surface area contributed by atoms with Gasteiger partial charge in [-0.05, 0) is 57.0 Å². The minimum atomic E-state index is -0.781. The second-order valence-electron chi connectivity index (χ2n) is 6.74. The largest absolute Gasteiger partial charge is 0.388 e. The van der Waals surface area contributed by atoms with Crippen LogP contribution in [0.15, 0.2) is 30.5 Å². The Morgan fingerprint density at radius 1 is 1.37 bits per heavy atom. The van der Waals surface area contributed by atoms with Crippen molar-refractivity contribution in [2.24, 2.45) is 0 Å². The van der Waals surface area contributed by atoms with E-state index in [1.807, 2.05) is 6.92 Å². The fraction of sp³-hybridized carbons (Fsp3) is 0.500. The zero-order chi connectivity index (χ0) is 18.5. The maximum absolute atomic E-state index is 13.0. The minimum absolute atomic E-state index is 0. The van der Waals surface area contributed by atoms with E-state index in [0.29, 0.717) is 12.0 Å². The van der Waals surface area contributed by atoms with E-state index < -0.39 is 6.10 Å². The summed E-state index contributed by atoms with van der Waals surface area (Å²) in [4.78, 5) is 12.3. The van der Waals surface area contributed by atoms with E-state index in [9.17, 15) is 14.3 Å². The Balaban J connectivity index is 0.00000261. The van der Waals surface area contributed by atoms with Crippen LogP contribution in [0.25, 0.3) is 0 Å². The predicted molar refractivity (Wildman–Crippen MR) is 101 cm³/mol. The highest BCUT2D eigenvalue weighted by Crippen LogP contribution is 2.19. The molecule has 3 N–H and O–H groups in total. The third kappa shape index (κ3) is 5.72. The summed E-state index contributed by atoms with van der Waals surface area (Å²) in [5, 5.41) is 24.4. The molecule has 1 aromatic carbocycles. The number of aliphatic hydroxyl groups excluding tert-OH is 1. The molecule has 7 nitrogen and oxygen atoms in total. The van der Waals surface area contributed by atoms with Crippen molar-refractivity contribution >= 4 is 18.3 Å². The molecule has 2 atom stereocenters. The summed E-state index contributed by atoms with van der Waals surface area (Å²) < 4.78 is 14.7. The lowest BCUT2D eigenvalue weighted by atomic mass is 10.0. The van der Waals surface area contributed by atoms with Gasteiger partial charge in [-0.3, -0.25) is 4.79 Å². The number of nitrogens with one attached hydrogen (secondary N) is 2. The fourth-order valence-corrected chi connectivity index (χ4v) is 3.14. The summed E-state index contributed by atoms with van der Waals surface area (Å²) in [6.45, 7) is 3.68. The number of nitrogens with zero attached hydrogens (tertiary/aromatic N) is 3. The normalized spacial score (nSPS) is 17.0. The van der Waals surface area contributed by atoms with Crippen LogP contribution >= 0.6 is 12.4 Å². The van der Waals surface area contributed by atoms with E-state index in [1.165, 1.54) is 12.1 Å². The second-order valence-corrected chi connectivity index (χ2v) is 6.74. The summed E-state index contributed by atoms with van der Waals surface area (Å²) in [5.41, 5.74) is 0.885. The van der Waals surface area contributed by atoms with Gasteiger partial charge in [-0.25, -0.2) is 9.07 Å². The molecule has 0 aliphatic carbocycles. The summed E-state index contributed by atoms with van der Waals surface area (Å²) >= 11 is 0. The molecule has 2 aromatic rings. The summed E-state index contributed by atoms with van der Waals surface area (Å²) in [7, 11) is 0. The number of aromatic nitrogens is 3. The van der Waals surface area contributed by atoms with E-state index in [2.05, 4.69) is 20.9 Å². The van der Waals surface area contributed by atoms with Crippen LogP contribution in [0, 0.1) is 5.82 Å². The van der Waals surface area contributed by atoms with Crippen molar-refractivity contribution in [3.8, 4) is 0 Å². The van der Waals surface area contributed by atoms with E-state index in [4.69, 9.17) is 0 Å². The first-order valence-corrected chi connectivity index (χ1v) is 8.90. The molecule has 27 heavy (non-hydrogen) atoms. The van der Waals surface area contributed by atoms with Crippen LogP contribution in [0.4, 0.5) is 4.39 Å². The van der Waals surface area contributed by atoms with E-state index >= 15 is 0 Å². The van der Waals surface area contributed by atoms with Crippen molar-refractivity contribution in [1.29, 1.82) is 0 Å². The lowest BCUT2D eigenvalue weighted by molar-refractivity contribution is 0.0912. The summed E-state index contributed by atoms with van der Waals surface area (Å²) in [5.74, 6) is -0.664. The van der Waals surface area contributed by atoms with Gasteiger partial charge in [-0.15, -0.1) is 17.5 Å². The molecule has 148 valence electrons. The molecule has 1 saturated heterocycles. The van der Waals surface area contributed by atoms with Crippen molar-refractivity contribution in [2.75, 3.05) is 13.1 Å². The molecule has 0 saturated carbocycles. The highest BCUT2D eigenvalue weighted by atomic mass is 35.5. The Hall–Kier alpha value is -2.03. The van der Waals surface area contributed by atoms with Crippen molar-refractivity contribution in [3.63, 3.8) is 0 Å². The highest BCUT2D eigenvalue weighted by molar-refractivity contribution is 5.92. The Morgan fingerprint density at radius 3 is 2.70 bits per heavy atom. The fourth-order valence-electron chi connectivity index (χ4n) is 3.14. The van der Waals surface area contributed by atoms with Gasteiger partial charge in [0.1, 0.15) is 5.82 Å². The summed E-state index contributed by atoms with van der Waals surface area (Å²) in [6, 6.07) is 5.69. The molecule has 3 rings (SSSR count). The van der Waals surface area contributed by atoms with Gasteiger partial charge in [0, 0.05) is 6.04 Å². The molecule has 9 heteroatoms. The second kappa shape index (κ2) is 9.77. The smallest absolute Gasteiger partial charge is 0.273 e. The Labute approximate surface area is 163 Å². The minimum Gasteiger partial charge on any atom is -0.388 e. The molecule has 1 aromatic heterocycles. The van der Waals surface area contributed by atoms with Crippen LogP contribution in [0.3, 0.4) is 0 Å². The predicted octanol–water partition coefficient (Wildman–Crippen LogP) is 2.01. The first-order chi connectivity index (χ1) is 12.5. The molecule has 0 spiro atoms. The molecule has 1 fully saturated rings. The van der Waals surface area contributed by atoms with Crippen molar-refractivity contribution in [2.45, 2.75) is 44.4 Å². The molecule has 0 radical (unpaired) electrons. The number of rotatable bonds is 6. The number of hydrogen-bond acceptors (Lipinski definition) is 5. The number of carbonyl (C=O) groups is 1. The van der Waals surface area contributed by atoms with Crippen LogP contribution in [0.5, 0.6) is 0 Å². The maximum Gasteiger partial charge on any atom is 0.273 e. The number of piperidine rings is 1. The molecule has 2 heterocycles. The number of benzene rings is 1. The third-order valence-corrected chi connectivity index (χ3v) is 4.63. The zero-order valence-corrected chi connectivity index (χ0v) is 16.0. The van der Waals surface area contributed by atoms with Crippen molar-refractivity contribution in [3.05, 3.63) is 47.5 Å². The third-order valence-electron chi connectivity index (χ3n) is 4.63. The van der Waals surface area contributed by atoms with Gasteiger partial charge in [0.05, 0.1) is 18.3 Å². The molecular formula is C18H25ClFN5O2. The van der Waals surface area contributed by atoms with Crippen molar-refractivity contribution < 1.29 is 14.3 Å². The first-order valence-electron chi connectivity index (χ1n) is 8.90. The van der Waals surface area contributed by atoms with Crippen LogP contribution < -0.4 is 10.6 Å². The Morgan fingerprint density at radius 2 is 2.04 bits per heavy atom. The average Bonchev–Trinajstić information content (AvgIpc) is 3.13. The van der Waals surface area contributed by atoms with Crippen LogP contribution in [0.1, 0.15) is 54.4 Å². The quantitative estimate of drug-likeness (QED) is 0.693. The van der Waals surface area contributed by atoms with E-state index in [0.717, 1.165) is 25.9 Å². The number of hydrogen-bond donors (Lipinski definition) is 3. The van der Waals surface area contributed by atoms with Gasteiger partial charge < -0.3 is 15.7 Å². The highest BCUT2D eigenvalue weighted by Gasteiger charge is 2.20. The number of halogens is 2. The van der Waals surface area contributed by atoms with Crippen LogP contribution in [-0.2, 0) is 0 Å². The molecule has 1 aliphatic rings. The van der Waals surface area contributed by atoms with Gasteiger partial charge in [0.2, 0.25) is 0 Å². The molecule has 1 amide bonds. The molecule has 1 aliphatic heterocycles.